The highest BCUT2D eigenvalue weighted by Gasteiger charge is 2.12. The summed E-state index contributed by atoms with van der Waals surface area (Å²) in [6.07, 6.45) is 0. The molecule has 0 aliphatic carbocycles. The van der Waals surface area contributed by atoms with E-state index in [9.17, 15) is 4.79 Å². The molecule has 0 fully saturated rings. The topological polar surface area (TPSA) is 41.1 Å². The second-order valence-electron chi connectivity index (χ2n) is 4.37. The van der Waals surface area contributed by atoms with Gasteiger partial charge < -0.3 is 10.6 Å². The molecule has 2 aromatic carbocycles. The van der Waals surface area contributed by atoms with E-state index in [1.807, 2.05) is 31.2 Å². The van der Waals surface area contributed by atoms with Gasteiger partial charge in [-0.05, 0) is 55.5 Å². The van der Waals surface area contributed by atoms with Crippen molar-refractivity contribution in [2.24, 2.45) is 0 Å². The molecule has 104 valence electrons. The van der Waals surface area contributed by atoms with Gasteiger partial charge in [0.15, 0.2) is 0 Å². The summed E-state index contributed by atoms with van der Waals surface area (Å²) in [4.78, 5) is 12.1. The van der Waals surface area contributed by atoms with Crippen LogP contribution < -0.4 is 10.6 Å². The van der Waals surface area contributed by atoms with Crippen molar-refractivity contribution in [1.29, 1.82) is 0 Å². The quantitative estimate of drug-likeness (QED) is 0.847. The molecule has 0 aliphatic rings. The number of carbonyl (C=O) groups excluding carboxylic acids is 1. The highest BCUT2D eigenvalue weighted by molar-refractivity contribution is 9.10. The minimum Gasteiger partial charge on any atom is -0.374 e. The predicted octanol–water partition coefficient (Wildman–Crippen LogP) is 4.54. The van der Waals surface area contributed by atoms with Crippen LogP contribution in [-0.4, -0.2) is 11.9 Å². The van der Waals surface area contributed by atoms with E-state index in [-0.39, 0.29) is 11.9 Å². The van der Waals surface area contributed by atoms with E-state index in [2.05, 4.69) is 26.6 Å². The fraction of sp³-hybridized carbons (Fsp3) is 0.133. The predicted molar refractivity (Wildman–Crippen MR) is 87.3 cm³/mol. The zero-order valence-corrected chi connectivity index (χ0v) is 13.2. The van der Waals surface area contributed by atoms with Gasteiger partial charge in [-0.15, -0.1) is 0 Å². The van der Waals surface area contributed by atoms with Crippen LogP contribution in [0.1, 0.15) is 6.92 Å². The molecule has 1 atom stereocenters. The number of hydrogen-bond acceptors (Lipinski definition) is 2. The van der Waals surface area contributed by atoms with Crippen molar-refractivity contribution in [3.63, 3.8) is 0 Å². The first-order chi connectivity index (χ1) is 9.54. The summed E-state index contributed by atoms with van der Waals surface area (Å²) in [5.74, 6) is -0.102. The molecule has 0 saturated carbocycles. The van der Waals surface area contributed by atoms with Crippen LogP contribution in [0.15, 0.2) is 53.0 Å². The van der Waals surface area contributed by atoms with Gasteiger partial charge in [0.1, 0.15) is 6.04 Å². The van der Waals surface area contributed by atoms with Gasteiger partial charge in [0.2, 0.25) is 5.91 Å². The van der Waals surface area contributed by atoms with Crippen LogP contribution in [0.25, 0.3) is 0 Å². The largest absolute Gasteiger partial charge is 0.374 e. The zero-order valence-electron chi connectivity index (χ0n) is 10.9. The smallest absolute Gasteiger partial charge is 0.246 e. The van der Waals surface area contributed by atoms with Gasteiger partial charge in [-0.2, -0.15) is 0 Å². The maximum absolute atomic E-state index is 12.1. The third-order valence-corrected chi connectivity index (χ3v) is 3.51. The fourth-order valence-electron chi connectivity index (χ4n) is 1.65. The van der Waals surface area contributed by atoms with Crippen molar-refractivity contribution in [1.82, 2.24) is 0 Å². The number of benzene rings is 2. The van der Waals surface area contributed by atoms with Crippen molar-refractivity contribution >= 4 is 44.8 Å². The van der Waals surface area contributed by atoms with E-state index in [1.54, 1.807) is 24.3 Å². The number of halogens is 2. The molecule has 0 aliphatic heterocycles. The minimum absolute atomic E-state index is 0.102. The average molecular weight is 354 g/mol. The molecular formula is C15H14BrClN2O. The molecule has 2 N–H and O–H groups in total. The lowest BCUT2D eigenvalue weighted by Crippen LogP contribution is -2.31. The van der Waals surface area contributed by atoms with Crippen LogP contribution >= 0.6 is 27.5 Å². The van der Waals surface area contributed by atoms with E-state index in [0.717, 1.165) is 15.8 Å². The van der Waals surface area contributed by atoms with Crippen molar-refractivity contribution in [3.05, 3.63) is 58.0 Å². The Balaban J connectivity index is 1.94. The van der Waals surface area contributed by atoms with Crippen LogP contribution in [0, 0.1) is 0 Å². The van der Waals surface area contributed by atoms with Gasteiger partial charge >= 0.3 is 0 Å². The van der Waals surface area contributed by atoms with Gasteiger partial charge in [0.05, 0.1) is 0 Å². The summed E-state index contributed by atoms with van der Waals surface area (Å²) in [6, 6.07) is 14.4. The van der Waals surface area contributed by atoms with Gasteiger partial charge in [0, 0.05) is 20.9 Å². The minimum atomic E-state index is -0.341. The molecule has 0 heterocycles. The first-order valence-electron chi connectivity index (χ1n) is 6.13. The molecule has 2 aromatic rings. The van der Waals surface area contributed by atoms with Crippen molar-refractivity contribution in [3.8, 4) is 0 Å². The summed E-state index contributed by atoms with van der Waals surface area (Å²) < 4.78 is 1.00. The fourth-order valence-corrected chi connectivity index (χ4v) is 2.04. The lowest BCUT2D eigenvalue weighted by atomic mass is 10.2. The maximum atomic E-state index is 12.1. The van der Waals surface area contributed by atoms with Crippen LogP contribution in [0.4, 0.5) is 11.4 Å². The van der Waals surface area contributed by atoms with E-state index in [4.69, 9.17) is 11.6 Å². The third-order valence-electron chi connectivity index (χ3n) is 2.73. The molecule has 0 radical (unpaired) electrons. The normalized spacial score (nSPS) is 11.8. The molecule has 20 heavy (non-hydrogen) atoms. The zero-order chi connectivity index (χ0) is 14.5. The Morgan fingerprint density at radius 2 is 1.60 bits per heavy atom. The molecule has 0 saturated heterocycles. The molecule has 0 bridgehead atoms. The van der Waals surface area contributed by atoms with Crippen LogP contribution in [-0.2, 0) is 4.79 Å². The maximum Gasteiger partial charge on any atom is 0.246 e. The molecule has 3 nitrogen and oxygen atoms in total. The van der Waals surface area contributed by atoms with E-state index < -0.39 is 0 Å². The van der Waals surface area contributed by atoms with Gasteiger partial charge in [-0.1, -0.05) is 27.5 Å². The van der Waals surface area contributed by atoms with E-state index >= 15 is 0 Å². The average Bonchev–Trinajstić information content (AvgIpc) is 2.44. The Morgan fingerprint density at radius 1 is 1.05 bits per heavy atom. The summed E-state index contributed by atoms with van der Waals surface area (Å²) in [5.41, 5.74) is 1.62. The number of anilines is 2. The monoisotopic (exact) mass is 352 g/mol. The van der Waals surface area contributed by atoms with Crippen molar-refractivity contribution < 1.29 is 4.79 Å². The van der Waals surface area contributed by atoms with E-state index in [1.165, 1.54) is 0 Å². The molecular weight excluding hydrogens is 340 g/mol. The SMILES string of the molecule is C[C@H](Nc1ccc(Br)cc1)C(=O)Nc1ccc(Cl)cc1. The summed E-state index contributed by atoms with van der Waals surface area (Å²) in [7, 11) is 0. The van der Waals surface area contributed by atoms with Crippen molar-refractivity contribution in [2.75, 3.05) is 10.6 Å². The molecule has 0 unspecified atom stereocenters. The summed E-state index contributed by atoms with van der Waals surface area (Å²) in [5, 5.41) is 6.62. The molecule has 2 rings (SSSR count). The summed E-state index contributed by atoms with van der Waals surface area (Å²) in [6.45, 7) is 1.81. The highest BCUT2D eigenvalue weighted by atomic mass is 79.9. The summed E-state index contributed by atoms with van der Waals surface area (Å²) >= 11 is 9.17. The van der Waals surface area contributed by atoms with Crippen LogP contribution in [0.3, 0.4) is 0 Å². The lowest BCUT2D eigenvalue weighted by Gasteiger charge is -2.15. The number of rotatable bonds is 4. The Bertz CT molecular complexity index is 584. The Kier molecular flexibility index (Phi) is 5.04. The number of amides is 1. The molecule has 0 aromatic heterocycles. The standard InChI is InChI=1S/C15H14BrClN2O/c1-10(18-13-6-2-11(16)3-7-13)15(20)19-14-8-4-12(17)5-9-14/h2-10,18H,1H3,(H,19,20)/t10-/m0/s1. The molecule has 0 spiro atoms. The van der Waals surface area contributed by atoms with Crippen LogP contribution in [0.5, 0.6) is 0 Å². The Hall–Kier alpha value is -1.52. The number of hydrogen-bond donors (Lipinski definition) is 2. The molecule has 1 amide bonds. The Labute approximate surface area is 131 Å². The number of carbonyl (C=O) groups is 1. The second kappa shape index (κ2) is 6.77. The highest BCUT2D eigenvalue weighted by Crippen LogP contribution is 2.16. The van der Waals surface area contributed by atoms with E-state index in [0.29, 0.717) is 5.02 Å². The van der Waals surface area contributed by atoms with Crippen molar-refractivity contribution in [2.45, 2.75) is 13.0 Å². The van der Waals surface area contributed by atoms with Gasteiger partial charge in [-0.25, -0.2) is 0 Å². The third kappa shape index (κ3) is 4.25. The Morgan fingerprint density at radius 3 is 2.20 bits per heavy atom. The van der Waals surface area contributed by atoms with Gasteiger partial charge in [-0.3, -0.25) is 4.79 Å². The van der Waals surface area contributed by atoms with Gasteiger partial charge in [0.25, 0.3) is 0 Å². The van der Waals surface area contributed by atoms with Crippen LogP contribution in [0.2, 0.25) is 5.02 Å². The second-order valence-corrected chi connectivity index (χ2v) is 5.72. The molecule has 5 heteroatoms. The lowest BCUT2D eigenvalue weighted by molar-refractivity contribution is -0.116. The first-order valence-corrected chi connectivity index (χ1v) is 7.30. The first kappa shape index (κ1) is 14.9. The number of nitrogens with one attached hydrogen (secondary N) is 2.